The van der Waals surface area contributed by atoms with E-state index in [1.54, 1.807) is 6.20 Å². The summed E-state index contributed by atoms with van der Waals surface area (Å²) in [7, 11) is 0. The predicted octanol–water partition coefficient (Wildman–Crippen LogP) is 3.34. The van der Waals surface area contributed by atoms with Crippen LogP contribution in [0.3, 0.4) is 0 Å². The van der Waals surface area contributed by atoms with Gasteiger partial charge in [-0.2, -0.15) is 4.98 Å². The first-order valence-corrected chi connectivity index (χ1v) is 8.66. The van der Waals surface area contributed by atoms with Gasteiger partial charge in [-0.1, -0.05) is 6.92 Å². The second-order valence-electron chi connectivity index (χ2n) is 6.17. The van der Waals surface area contributed by atoms with Gasteiger partial charge in [0.25, 0.3) is 0 Å². The van der Waals surface area contributed by atoms with E-state index in [0.717, 1.165) is 49.5 Å². The average molecular weight is 327 g/mol. The number of anilines is 2. The number of aromatic nitrogens is 3. The van der Waals surface area contributed by atoms with Gasteiger partial charge in [0.15, 0.2) is 0 Å². The largest absolute Gasteiger partial charge is 0.376 e. The van der Waals surface area contributed by atoms with E-state index in [4.69, 9.17) is 4.74 Å². The monoisotopic (exact) mass is 327 g/mol. The van der Waals surface area contributed by atoms with Crippen molar-refractivity contribution in [2.24, 2.45) is 0 Å². The van der Waals surface area contributed by atoms with Crippen LogP contribution in [0.1, 0.15) is 33.1 Å². The number of nitrogens with one attached hydrogen (secondary N) is 2. The minimum atomic E-state index is 0.271. The van der Waals surface area contributed by atoms with Crippen molar-refractivity contribution in [3.63, 3.8) is 0 Å². The highest BCUT2D eigenvalue weighted by Crippen LogP contribution is 2.22. The van der Waals surface area contributed by atoms with Crippen LogP contribution >= 0.6 is 0 Å². The van der Waals surface area contributed by atoms with Gasteiger partial charge in [-0.25, -0.2) is 4.98 Å². The molecule has 0 amide bonds. The van der Waals surface area contributed by atoms with Crippen LogP contribution in [-0.2, 0) is 4.74 Å². The van der Waals surface area contributed by atoms with Crippen LogP contribution in [0, 0.1) is 0 Å². The standard InChI is InChI=1S/C18H25N5O/c1-3-13(2)21-18-22-16(14-6-4-8-19-11-14)10-17(23-18)20-12-15-7-5-9-24-15/h4,6,8,10-11,13,15H,3,5,7,9,12H2,1-2H3,(H2,20,21,22,23)/t13-,15-/m1/s1. The molecule has 0 spiro atoms. The maximum Gasteiger partial charge on any atom is 0.225 e. The fourth-order valence-corrected chi connectivity index (χ4v) is 2.61. The molecule has 0 radical (unpaired) electrons. The average Bonchev–Trinajstić information content (AvgIpc) is 3.14. The molecule has 24 heavy (non-hydrogen) atoms. The first-order chi connectivity index (χ1) is 11.7. The first-order valence-electron chi connectivity index (χ1n) is 8.66. The molecule has 3 rings (SSSR count). The van der Waals surface area contributed by atoms with Crippen molar-refractivity contribution in [2.75, 3.05) is 23.8 Å². The summed E-state index contributed by atoms with van der Waals surface area (Å²) in [5.74, 6) is 1.45. The molecule has 2 aromatic rings. The molecule has 2 atom stereocenters. The summed E-state index contributed by atoms with van der Waals surface area (Å²) < 4.78 is 5.67. The summed E-state index contributed by atoms with van der Waals surface area (Å²) in [6, 6.07) is 6.21. The fourth-order valence-electron chi connectivity index (χ4n) is 2.61. The summed E-state index contributed by atoms with van der Waals surface area (Å²) in [5.41, 5.74) is 1.84. The molecular formula is C18H25N5O. The number of hydrogen-bond donors (Lipinski definition) is 2. The second kappa shape index (κ2) is 8.06. The predicted molar refractivity (Wildman–Crippen MR) is 96.1 cm³/mol. The van der Waals surface area contributed by atoms with Crippen molar-refractivity contribution >= 4 is 11.8 Å². The zero-order valence-corrected chi connectivity index (χ0v) is 14.3. The lowest BCUT2D eigenvalue weighted by Gasteiger charge is -2.16. The van der Waals surface area contributed by atoms with E-state index < -0.39 is 0 Å². The van der Waals surface area contributed by atoms with Crippen molar-refractivity contribution < 1.29 is 4.74 Å². The Morgan fingerprint density at radius 3 is 3.00 bits per heavy atom. The van der Waals surface area contributed by atoms with Crippen LogP contribution in [0.5, 0.6) is 0 Å². The molecule has 1 aliphatic rings. The molecule has 0 unspecified atom stereocenters. The molecule has 128 valence electrons. The van der Waals surface area contributed by atoms with Crippen LogP contribution in [0.2, 0.25) is 0 Å². The third-order valence-corrected chi connectivity index (χ3v) is 4.21. The van der Waals surface area contributed by atoms with Gasteiger partial charge in [-0.05, 0) is 38.3 Å². The maximum absolute atomic E-state index is 5.67. The lowest BCUT2D eigenvalue weighted by atomic mass is 10.2. The van der Waals surface area contributed by atoms with Crippen molar-refractivity contribution in [3.05, 3.63) is 30.6 Å². The molecule has 1 fully saturated rings. The normalized spacial score (nSPS) is 18.3. The molecule has 1 saturated heterocycles. The van der Waals surface area contributed by atoms with E-state index in [2.05, 4.69) is 39.4 Å². The van der Waals surface area contributed by atoms with E-state index in [-0.39, 0.29) is 6.10 Å². The highest BCUT2D eigenvalue weighted by atomic mass is 16.5. The molecule has 3 heterocycles. The second-order valence-corrected chi connectivity index (χ2v) is 6.17. The van der Waals surface area contributed by atoms with E-state index >= 15 is 0 Å². The molecule has 0 saturated carbocycles. The van der Waals surface area contributed by atoms with Gasteiger partial charge in [-0.3, -0.25) is 4.98 Å². The topological polar surface area (TPSA) is 72.0 Å². The summed E-state index contributed by atoms with van der Waals surface area (Å²) >= 11 is 0. The lowest BCUT2D eigenvalue weighted by molar-refractivity contribution is 0.120. The van der Waals surface area contributed by atoms with Gasteiger partial charge in [0.1, 0.15) is 5.82 Å². The quantitative estimate of drug-likeness (QED) is 0.812. The molecule has 0 bridgehead atoms. The van der Waals surface area contributed by atoms with E-state index in [1.165, 1.54) is 0 Å². The zero-order valence-electron chi connectivity index (χ0n) is 14.3. The van der Waals surface area contributed by atoms with E-state index in [1.807, 2.05) is 24.4 Å². The number of nitrogens with zero attached hydrogens (tertiary/aromatic N) is 3. The van der Waals surface area contributed by atoms with Crippen molar-refractivity contribution in [1.29, 1.82) is 0 Å². The highest BCUT2D eigenvalue weighted by molar-refractivity contribution is 5.63. The van der Waals surface area contributed by atoms with Gasteiger partial charge in [0, 0.05) is 43.2 Å². The SMILES string of the molecule is CC[C@@H](C)Nc1nc(NC[C@H]2CCCO2)cc(-c2cccnc2)n1. The maximum atomic E-state index is 5.67. The summed E-state index contributed by atoms with van der Waals surface area (Å²) in [6.07, 6.45) is 7.11. The molecule has 6 nitrogen and oxygen atoms in total. The smallest absolute Gasteiger partial charge is 0.225 e. The first kappa shape index (κ1) is 16.6. The molecule has 0 aromatic carbocycles. The van der Waals surface area contributed by atoms with Crippen molar-refractivity contribution in [1.82, 2.24) is 15.0 Å². The molecule has 1 aliphatic heterocycles. The third kappa shape index (κ3) is 4.41. The fraction of sp³-hybridized carbons (Fsp3) is 0.500. The van der Waals surface area contributed by atoms with Crippen LogP contribution in [0.15, 0.2) is 30.6 Å². The van der Waals surface area contributed by atoms with Gasteiger partial charge in [0.2, 0.25) is 5.95 Å². The number of rotatable bonds is 7. The van der Waals surface area contributed by atoms with Crippen LogP contribution < -0.4 is 10.6 Å². The molecule has 2 aromatic heterocycles. The van der Waals surface area contributed by atoms with Gasteiger partial charge < -0.3 is 15.4 Å². The minimum absolute atomic E-state index is 0.271. The van der Waals surface area contributed by atoms with E-state index in [9.17, 15) is 0 Å². The third-order valence-electron chi connectivity index (χ3n) is 4.21. The Balaban J connectivity index is 1.81. The molecular weight excluding hydrogens is 302 g/mol. The van der Waals surface area contributed by atoms with Crippen LogP contribution in [-0.4, -0.2) is 40.2 Å². The Morgan fingerprint density at radius 2 is 2.29 bits per heavy atom. The Bertz CT molecular complexity index is 643. The van der Waals surface area contributed by atoms with Gasteiger partial charge in [-0.15, -0.1) is 0 Å². The van der Waals surface area contributed by atoms with Crippen LogP contribution in [0.25, 0.3) is 11.3 Å². The Kier molecular flexibility index (Phi) is 5.59. The summed E-state index contributed by atoms with van der Waals surface area (Å²) in [6.45, 7) is 5.89. The van der Waals surface area contributed by atoms with E-state index in [0.29, 0.717) is 12.0 Å². The highest BCUT2D eigenvalue weighted by Gasteiger charge is 2.16. The number of ether oxygens (including phenoxy) is 1. The lowest BCUT2D eigenvalue weighted by Crippen LogP contribution is -2.20. The summed E-state index contributed by atoms with van der Waals surface area (Å²) in [5, 5.41) is 6.75. The Hall–Kier alpha value is -2.21. The molecule has 6 heteroatoms. The minimum Gasteiger partial charge on any atom is -0.376 e. The zero-order chi connectivity index (χ0) is 16.8. The molecule has 0 aliphatic carbocycles. The Labute approximate surface area is 143 Å². The van der Waals surface area contributed by atoms with Gasteiger partial charge >= 0.3 is 0 Å². The van der Waals surface area contributed by atoms with Crippen molar-refractivity contribution in [2.45, 2.75) is 45.3 Å². The number of hydrogen-bond acceptors (Lipinski definition) is 6. The number of pyridine rings is 1. The van der Waals surface area contributed by atoms with Crippen molar-refractivity contribution in [3.8, 4) is 11.3 Å². The van der Waals surface area contributed by atoms with Crippen LogP contribution in [0.4, 0.5) is 11.8 Å². The Morgan fingerprint density at radius 1 is 1.38 bits per heavy atom. The van der Waals surface area contributed by atoms with Gasteiger partial charge in [0.05, 0.1) is 11.8 Å². The summed E-state index contributed by atoms with van der Waals surface area (Å²) in [4.78, 5) is 13.4. The molecule has 2 N–H and O–H groups in total.